The Morgan fingerprint density at radius 3 is 2.81 bits per heavy atom. The van der Waals surface area contributed by atoms with Crippen molar-refractivity contribution in [2.75, 3.05) is 5.75 Å². The van der Waals surface area contributed by atoms with Crippen LogP contribution in [0.5, 0.6) is 0 Å². The molecular weight excluding hydrogens is 235 g/mol. The lowest BCUT2D eigenvalue weighted by Crippen LogP contribution is -2.08. The van der Waals surface area contributed by atoms with E-state index in [2.05, 4.69) is 0 Å². The number of carboxylic acid groups (broad SMARTS) is 1. The quantitative estimate of drug-likeness (QED) is 0.793. The van der Waals surface area contributed by atoms with Gasteiger partial charge in [-0.2, -0.15) is 0 Å². The highest BCUT2D eigenvalue weighted by atomic mass is 32.2. The van der Waals surface area contributed by atoms with Crippen LogP contribution in [0.2, 0.25) is 0 Å². The molecular formula is C10H9FO4S. The van der Waals surface area contributed by atoms with Crippen LogP contribution in [0.1, 0.15) is 17.9 Å². The van der Waals surface area contributed by atoms with Gasteiger partial charge < -0.3 is 5.11 Å². The lowest BCUT2D eigenvalue weighted by molar-refractivity contribution is -0.137. The minimum atomic E-state index is -3.45. The summed E-state index contributed by atoms with van der Waals surface area (Å²) in [7, 11) is -3.45. The van der Waals surface area contributed by atoms with Gasteiger partial charge in [-0.3, -0.25) is 4.79 Å². The highest BCUT2D eigenvalue weighted by Crippen LogP contribution is 2.37. The average Bonchev–Trinajstić information content (AvgIpc) is 2.37. The zero-order chi connectivity index (χ0) is 11.9. The number of aliphatic carboxylic acids is 1. The average molecular weight is 244 g/mol. The molecule has 1 unspecified atom stereocenters. The van der Waals surface area contributed by atoms with Crippen LogP contribution in [0.25, 0.3) is 0 Å². The molecule has 1 aromatic rings. The van der Waals surface area contributed by atoms with E-state index < -0.39 is 27.5 Å². The first-order valence-electron chi connectivity index (χ1n) is 4.64. The fourth-order valence-corrected chi connectivity index (χ4v) is 3.81. The van der Waals surface area contributed by atoms with Gasteiger partial charge in [-0.15, -0.1) is 0 Å². The molecule has 1 atom stereocenters. The number of hydrogen-bond donors (Lipinski definition) is 1. The molecule has 0 aliphatic carbocycles. The van der Waals surface area contributed by atoms with Gasteiger partial charge >= 0.3 is 5.97 Å². The molecule has 0 bridgehead atoms. The molecule has 2 rings (SSSR count). The molecule has 1 aliphatic rings. The number of fused-ring (bicyclic) bond motifs is 1. The maximum atomic E-state index is 13.0. The van der Waals surface area contributed by atoms with Gasteiger partial charge in [0.25, 0.3) is 0 Å². The van der Waals surface area contributed by atoms with E-state index in [1.807, 2.05) is 0 Å². The Morgan fingerprint density at radius 2 is 2.19 bits per heavy atom. The molecule has 1 N–H and O–H groups in total. The lowest BCUT2D eigenvalue weighted by Gasteiger charge is -2.05. The van der Waals surface area contributed by atoms with Crippen LogP contribution in [0.3, 0.4) is 0 Å². The number of hydrogen-bond acceptors (Lipinski definition) is 3. The van der Waals surface area contributed by atoms with Crippen LogP contribution < -0.4 is 0 Å². The van der Waals surface area contributed by atoms with Gasteiger partial charge in [-0.25, -0.2) is 12.8 Å². The third-order valence-corrected chi connectivity index (χ3v) is 4.47. The molecule has 6 heteroatoms. The summed E-state index contributed by atoms with van der Waals surface area (Å²) in [6, 6.07) is 3.37. The molecule has 0 spiro atoms. The summed E-state index contributed by atoms with van der Waals surface area (Å²) in [5.74, 6) is -2.53. The van der Waals surface area contributed by atoms with Crippen molar-refractivity contribution in [3.8, 4) is 0 Å². The van der Waals surface area contributed by atoms with E-state index in [-0.39, 0.29) is 22.6 Å². The molecule has 0 aromatic heterocycles. The van der Waals surface area contributed by atoms with Gasteiger partial charge in [0.2, 0.25) is 0 Å². The Hall–Kier alpha value is -1.43. The molecule has 0 radical (unpaired) electrons. The van der Waals surface area contributed by atoms with Gasteiger partial charge in [-0.05, 0) is 23.8 Å². The van der Waals surface area contributed by atoms with Crippen molar-refractivity contribution in [1.29, 1.82) is 0 Å². The summed E-state index contributed by atoms with van der Waals surface area (Å²) < 4.78 is 36.3. The fourth-order valence-electron chi connectivity index (χ4n) is 1.95. The monoisotopic (exact) mass is 244 g/mol. The number of rotatable bonds is 2. The Kier molecular flexibility index (Phi) is 2.46. The predicted octanol–water partition coefficient (Wildman–Crippen LogP) is 1.17. The summed E-state index contributed by atoms with van der Waals surface area (Å²) in [6.45, 7) is 0. The van der Waals surface area contributed by atoms with E-state index in [1.165, 1.54) is 6.07 Å². The van der Waals surface area contributed by atoms with Gasteiger partial charge in [0.1, 0.15) is 5.82 Å². The molecule has 1 aromatic carbocycles. The number of carboxylic acids is 1. The number of sulfone groups is 1. The van der Waals surface area contributed by atoms with E-state index in [0.717, 1.165) is 12.1 Å². The molecule has 86 valence electrons. The number of benzene rings is 1. The predicted molar refractivity (Wildman–Crippen MR) is 53.4 cm³/mol. The van der Waals surface area contributed by atoms with Gasteiger partial charge in [0.15, 0.2) is 9.84 Å². The Labute approximate surface area is 91.6 Å². The van der Waals surface area contributed by atoms with E-state index >= 15 is 0 Å². The fraction of sp³-hybridized carbons (Fsp3) is 0.300. The van der Waals surface area contributed by atoms with E-state index in [0.29, 0.717) is 0 Å². The zero-order valence-electron chi connectivity index (χ0n) is 8.18. The SMILES string of the molecule is O=C(O)CC1CS(=O)(=O)c2ccc(F)cc21. The third kappa shape index (κ3) is 1.80. The first-order chi connectivity index (χ1) is 7.40. The van der Waals surface area contributed by atoms with E-state index in [1.54, 1.807) is 0 Å². The minimum absolute atomic E-state index is 0.0557. The van der Waals surface area contributed by atoms with Crippen molar-refractivity contribution in [1.82, 2.24) is 0 Å². The molecule has 4 nitrogen and oxygen atoms in total. The standard InChI is InChI=1S/C10H9FO4S/c11-7-1-2-9-8(4-7)6(3-10(12)13)5-16(9,14)15/h1-2,4,6H,3,5H2,(H,12,13). The smallest absolute Gasteiger partial charge is 0.303 e. The first-order valence-corrected chi connectivity index (χ1v) is 6.29. The highest BCUT2D eigenvalue weighted by Gasteiger charge is 2.35. The second-order valence-electron chi connectivity index (χ2n) is 3.76. The van der Waals surface area contributed by atoms with Crippen molar-refractivity contribution in [2.24, 2.45) is 0 Å². The Morgan fingerprint density at radius 1 is 1.50 bits per heavy atom. The lowest BCUT2D eigenvalue weighted by atomic mass is 9.98. The summed E-state index contributed by atoms with van der Waals surface area (Å²) in [5, 5.41) is 8.65. The summed E-state index contributed by atoms with van der Waals surface area (Å²) in [6.07, 6.45) is -0.296. The molecule has 0 saturated heterocycles. The molecule has 0 saturated carbocycles. The second kappa shape index (κ2) is 3.55. The second-order valence-corrected chi connectivity index (χ2v) is 5.76. The van der Waals surface area contributed by atoms with Crippen LogP contribution in [0, 0.1) is 5.82 Å². The Bertz CT molecular complexity index is 550. The largest absolute Gasteiger partial charge is 0.481 e. The van der Waals surface area contributed by atoms with Crippen LogP contribution in [-0.4, -0.2) is 25.2 Å². The van der Waals surface area contributed by atoms with Crippen molar-refractivity contribution in [3.63, 3.8) is 0 Å². The first kappa shape index (κ1) is 11.1. The van der Waals surface area contributed by atoms with Gasteiger partial charge in [-0.1, -0.05) is 0 Å². The topological polar surface area (TPSA) is 71.4 Å². The zero-order valence-corrected chi connectivity index (χ0v) is 9.00. The molecule has 1 aliphatic heterocycles. The van der Waals surface area contributed by atoms with Crippen molar-refractivity contribution in [3.05, 3.63) is 29.6 Å². The maximum absolute atomic E-state index is 13.0. The third-order valence-electron chi connectivity index (χ3n) is 2.59. The van der Waals surface area contributed by atoms with Crippen LogP contribution >= 0.6 is 0 Å². The molecule has 0 amide bonds. The Balaban J connectivity index is 2.52. The number of carbonyl (C=O) groups is 1. The van der Waals surface area contributed by atoms with Crippen LogP contribution in [-0.2, 0) is 14.6 Å². The maximum Gasteiger partial charge on any atom is 0.303 e. The van der Waals surface area contributed by atoms with Crippen molar-refractivity contribution < 1.29 is 22.7 Å². The molecule has 1 heterocycles. The highest BCUT2D eigenvalue weighted by molar-refractivity contribution is 7.91. The number of halogens is 1. The van der Waals surface area contributed by atoms with E-state index in [9.17, 15) is 17.6 Å². The summed E-state index contributed by atoms with van der Waals surface area (Å²) in [5.41, 5.74) is 0.280. The van der Waals surface area contributed by atoms with Crippen LogP contribution in [0.4, 0.5) is 4.39 Å². The van der Waals surface area contributed by atoms with Gasteiger partial charge in [0, 0.05) is 5.92 Å². The molecule has 16 heavy (non-hydrogen) atoms. The minimum Gasteiger partial charge on any atom is -0.481 e. The molecule has 0 fully saturated rings. The van der Waals surface area contributed by atoms with Crippen LogP contribution in [0.15, 0.2) is 23.1 Å². The van der Waals surface area contributed by atoms with E-state index in [4.69, 9.17) is 5.11 Å². The summed E-state index contributed by atoms with van der Waals surface area (Å²) in [4.78, 5) is 10.6. The van der Waals surface area contributed by atoms with Gasteiger partial charge in [0.05, 0.1) is 17.1 Å². The normalized spacial score (nSPS) is 21.7. The van der Waals surface area contributed by atoms with Crippen molar-refractivity contribution in [2.45, 2.75) is 17.2 Å². The summed E-state index contributed by atoms with van der Waals surface area (Å²) >= 11 is 0. The van der Waals surface area contributed by atoms with Crippen molar-refractivity contribution >= 4 is 15.8 Å².